The van der Waals surface area contributed by atoms with E-state index in [9.17, 15) is 0 Å². The highest BCUT2D eigenvalue weighted by Crippen LogP contribution is 2.29. The summed E-state index contributed by atoms with van der Waals surface area (Å²) in [5.74, 6) is 1.05. The molecule has 0 nitrogen and oxygen atoms in total. The second-order valence-electron chi connectivity index (χ2n) is 2.01. The van der Waals surface area contributed by atoms with Gasteiger partial charge in [-0.3, -0.25) is 0 Å². The van der Waals surface area contributed by atoms with E-state index in [0.717, 1.165) is 20.1 Å². The third kappa shape index (κ3) is 2.69. The Balaban J connectivity index is 2.93. The maximum Gasteiger partial charge on any atom is 0.0542 e. The van der Waals surface area contributed by atoms with E-state index in [2.05, 4.69) is 22.9 Å². The van der Waals surface area contributed by atoms with Gasteiger partial charge in [0.2, 0.25) is 0 Å². The van der Waals surface area contributed by atoms with Crippen LogP contribution in [0.4, 0.5) is 0 Å². The first kappa shape index (κ1) is 9.43. The molecule has 3 heteroatoms. The van der Waals surface area contributed by atoms with Crippen LogP contribution in [0, 0.1) is 0 Å². The summed E-state index contributed by atoms with van der Waals surface area (Å²) >= 11 is 11.1. The minimum Gasteiger partial charge on any atom is -0.125 e. The molecule has 0 atom stereocenters. The zero-order valence-electron chi connectivity index (χ0n) is 6.10. The van der Waals surface area contributed by atoms with Gasteiger partial charge in [0.05, 0.1) is 5.02 Å². The molecule has 0 N–H and O–H groups in total. The van der Waals surface area contributed by atoms with Gasteiger partial charge in [-0.05, 0) is 24.0 Å². The van der Waals surface area contributed by atoms with Crippen molar-refractivity contribution in [1.29, 1.82) is 0 Å². The largest absolute Gasteiger partial charge is 0.125 e. The minimum atomic E-state index is 0.833. The van der Waals surface area contributed by atoms with E-state index >= 15 is 0 Å². The van der Waals surface area contributed by atoms with Crippen molar-refractivity contribution in [3.8, 4) is 0 Å². The minimum absolute atomic E-state index is 0.833. The van der Waals surface area contributed by atoms with Crippen molar-refractivity contribution in [3.05, 3.63) is 27.7 Å². The van der Waals surface area contributed by atoms with Crippen molar-refractivity contribution in [2.45, 2.75) is 11.8 Å². The topological polar surface area (TPSA) is 0 Å². The zero-order valence-corrected chi connectivity index (χ0v) is 9.26. The van der Waals surface area contributed by atoms with Crippen LogP contribution >= 0.6 is 39.3 Å². The van der Waals surface area contributed by atoms with Crippen LogP contribution in [0.3, 0.4) is 0 Å². The molecule has 1 aromatic rings. The van der Waals surface area contributed by atoms with Crippen molar-refractivity contribution in [2.75, 3.05) is 5.75 Å². The second kappa shape index (κ2) is 4.39. The van der Waals surface area contributed by atoms with Crippen LogP contribution in [0.15, 0.2) is 27.6 Å². The Morgan fingerprint density at radius 2 is 2.27 bits per heavy atom. The summed E-state index contributed by atoms with van der Waals surface area (Å²) in [6, 6.07) is 5.89. The van der Waals surface area contributed by atoms with E-state index in [-0.39, 0.29) is 0 Å². The first-order valence-electron chi connectivity index (χ1n) is 3.32. The smallest absolute Gasteiger partial charge is 0.0542 e. The SMILES string of the molecule is CCSc1cc(Br)ccc1Cl. The lowest BCUT2D eigenvalue weighted by molar-refractivity contribution is 1.41. The van der Waals surface area contributed by atoms with Crippen LogP contribution in [0.1, 0.15) is 6.92 Å². The van der Waals surface area contributed by atoms with Gasteiger partial charge < -0.3 is 0 Å². The molecule has 11 heavy (non-hydrogen) atoms. The van der Waals surface area contributed by atoms with Gasteiger partial charge >= 0.3 is 0 Å². The summed E-state index contributed by atoms with van der Waals surface area (Å²) in [7, 11) is 0. The lowest BCUT2D eigenvalue weighted by Crippen LogP contribution is -1.75. The highest BCUT2D eigenvalue weighted by Gasteiger charge is 1.99. The number of benzene rings is 1. The Morgan fingerprint density at radius 1 is 1.55 bits per heavy atom. The summed E-state index contributed by atoms with van der Waals surface area (Å²) in [4.78, 5) is 1.14. The molecule has 0 unspecified atom stereocenters. The Hall–Kier alpha value is 0.340. The van der Waals surface area contributed by atoms with Crippen LogP contribution in [-0.2, 0) is 0 Å². The lowest BCUT2D eigenvalue weighted by atomic mass is 10.4. The molecule has 0 amide bonds. The van der Waals surface area contributed by atoms with Crippen LogP contribution in [0.25, 0.3) is 0 Å². The van der Waals surface area contributed by atoms with Gasteiger partial charge in [0.25, 0.3) is 0 Å². The van der Waals surface area contributed by atoms with Crippen LogP contribution in [0.5, 0.6) is 0 Å². The van der Waals surface area contributed by atoms with Gasteiger partial charge in [-0.15, -0.1) is 11.8 Å². The quantitative estimate of drug-likeness (QED) is 0.710. The van der Waals surface area contributed by atoms with Gasteiger partial charge in [0.15, 0.2) is 0 Å². The number of hydrogen-bond donors (Lipinski definition) is 0. The van der Waals surface area contributed by atoms with E-state index in [0.29, 0.717) is 0 Å². The van der Waals surface area contributed by atoms with Gasteiger partial charge in [0.1, 0.15) is 0 Å². The van der Waals surface area contributed by atoms with Gasteiger partial charge in [0, 0.05) is 9.37 Å². The average molecular weight is 252 g/mol. The van der Waals surface area contributed by atoms with Gasteiger partial charge in [-0.1, -0.05) is 34.5 Å². The van der Waals surface area contributed by atoms with E-state index in [1.54, 1.807) is 11.8 Å². The van der Waals surface area contributed by atoms with Crippen molar-refractivity contribution in [1.82, 2.24) is 0 Å². The predicted octanol–water partition coefficient (Wildman–Crippen LogP) is 4.21. The molecule has 60 valence electrons. The van der Waals surface area contributed by atoms with Gasteiger partial charge in [-0.2, -0.15) is 0 Å². The Morgan fingerprint density at radius 3 is 2.91 bits per heavy atom. The molecule has 0 aliphatic carbocycles. The van der Waals surface area contributed by atoms with Crippen LogP contribution < -0.4 is 0 Å². The fraction of sp³-hybridized carbons (Fsp3) is 0.250. The fourth-order valence-corrected chi connectivity index (χ4v) is 2.26. The highest BCUT2D eigenvalue weighted by atomic mass is 79.9. The molecule has 0 aliphatic rings. The maximum absolute atomic E-state index is 5.93. The summed E-state index contributed by atoms with van der Waals surface area (Å²) in [6.45, 7) is 2.11. The monoisotopic (exact) mass is 250 g/mol. The summed E-state index contributed by atoms with van der Waals surface area (Å²) in [6.07, 6.45) is 0. The standard InChI is InChI=1S/C8H8BrClS/c1-2-11-8-5-6(9)3-4-7(8)10/h3-5H,2H2,1H3. The molecule has 0 aromatic heterocycles. The Bertz CT molecular complexity index is 250. The molecule has 1 aromatic carbocycles. The van der Waals surface area contributed by atoms with Crippen LogP contribution in [0.2, 0.25) is 5.02 Å². The normalized spacial score (nSPS) is 10.1. The fourth-order valence-electron chi connectivity index (χ4n) is 0.743. The molecule has 0 bridgehead atoms. The number of hydrogen-bond acceptors (Lipinski definition) is 1. The molecule has 0 spiro atoms. The Labute approximate surface area is 84.5 Å². The molecular weight excluding hydrogens is 244 g/mol. The van der Waals surface area contributed by atoms with Crippen molar-refractivity contribution in [2.24, 2.45) is 0 Å². The average Bonchev–Trinajstić information content (AvgIpc) is 1.98. The molecule has 0 heterocycles. The Kier molecular flexibility index (Phi) is 3.76. The van der Waals surface area contributed by atoms with Gasteiger partial charge in [-0.25, -0.2) is 0 Å². The molecule has 0 fully saturated rings. The van der Waals surface area contributed by atoms with E-state index in [1.165, 1.54) is 0 Å². The zero-order chi connectivity index (χ0) is 8.27. The number of halogens is 2. The van der Waals surface area contributed by atoms with Crippen molar-refractivity contribution >= 4 is 39.3 Å². The first-order valence-corrected chi connectivity index (χ1v) is 5.47. The molecule has 0 radical (unpaired) electrons. The third-order valence-electron chi connectivity index (χ3n) is 1.19. The molecule has 0 aliphatic heterocycles. The van der Waals surface area contributed by atoms with E-state index in [4.69, 9.17) is 11.6 Å². The first-order chi connectivity index (χ1) is 5.24. The van der Waals surface area contributed by atoms with Crippen molar-refractivity contribution in [3.63, 3.8) is 0 Å². The molecule has 0 saturated heterocycles. The number of thioether (sulfide) groups is 1. The summed E-state index contributed by atoms with van der Waals surface area (Å²) in [5, 5.41) is 0.833. The van der Waals surface area contributed by atoms with Crippen LogP contribution in [-0.4, -0.2) is 5.75 Å². The predicted molar refractivity (Wildman–Crippen MR) is 55.6 cm³/mol. The second-order valence-corrected chi connectivity index (χ2v) is 4.64. The lowest BCUT2D eigenvalue weighted by Gasteiger charge is -2.01. The molecule has 1 rings (SSSR count). The third-order valence-corrected chi connectivity index (χ3v) is 3.07. The van der Waals surface area contributed by atoms with E-state index < -0.39 is 0 Å². The summed E-state index contributed by atoms with van der Waals surface area (Å²) in [5.41, 5.74) is 0. The molecular formula is C8H8BrClS. The maximum atomic E-state index is 5.93. The summed E-state index contributed by atoms with van der Waals surface area (Å²) < 4.78 is 1.08. The van der Waals surface area contributed by atoms with E-state index in [1.807, 2.05) is 18.2 Å². The molecule has 0 saturated carbocycles. The highest BCUT2D eigenvalue weighted by molar-refractivity contribution is 9.10. The van der Waals surface area contributed by atoms with Crippen molar-refractivity contribution < 1.29 is 0 Å². The number of rotatable bonds is 2.